The maximum atomic E-state index is 13.0. The summed E-state index contributed by atoms with van der Waals surface area (Å²) in [5, 5.41) is 0. The molecule has 25 heavy (non-hydrogen) atoms. The van der Waals surface area contributed by atoms with Crippen LogP contribution >= 0.6 is 0 Å². The monoisotopic (exact) mass is 335 g/mol. The average Bonchev–Trinajstić information content (AvgIpc) is 3.17. The van der Waals surface area contributed by atoms with Crippen molar-refractivity contribution in [2.45, 2.75) is 31.9 Å². The Morgan fingerprint density at radius 2 is 1.84 bits per heavy atom. The predicted octanol–water partition coefficient (Wildman–Crippen LogP) is 3.25. The van der Waals surface area contributed by atoms with Crippen LogP contribution < -0.4 is 0 Å². The maximum absolute atomic E-state index is 13.0. The highest BCUT2D eigenvalue weighted by molar-refractivity contribution is 6.04. The van der Waals surface area contributed by atoms with Crippen molar-refractivity contribution in [3.05, 3.63) is 70.8 Å². The highest BCUT2D eigenvalue weighted by Gasteiger charge is 2.35. The molecule has 4 nitrogen and oxygen atoms in total. The number of Topliss-reactive ketones (excluding diaryl/α,β-unsaturated/α-hetero) is 1. The molecule has 0 aromatic heterocycles. The Kier molecular flexibility index (Phi) is 4.36. The minimum atomic E-state index is -0.359. The zero-order chi connectivity index (χ0) is 17.2. The summed E-state index contributed by atoms with van der Waals surface area (Å²) < 4.78 is 5.49. The van der Waals surface area contributed by atoms with Crippen LogP contribution in [0.25, 0.3) is 0 Å². The number of carbonyl (C=O) groups excluding carboxylic acids is 2. The molecule has 1 amide bonds. The van der Waals surface area contributed by atoms with E-state index in [0.717, 1.165) is 31.4 Å². The van der Waals surface area contributed by atoms with E-state index in [1.165, 1.54) is 5.56 Å². The van der Waals surface area contributed by atoms with Crippen LogP contribution in [0.15, 0.2) is 48.5 Å². The normalized spacial score (nSPS) is 19.5. The number of benzene rings is 2. The average molecular weight is 335 g/mol. The number of ether oxygens (including phenoxy) is 1. The summed E-state index contributed by atoms with van der Waals surface area (Å²) in [6, 6.07) is 14.7. The largest absolute Gasteiger partial charge is 0.376 e. The quantitative estimate of drug-likeness (QED) is 0.809. The third kappa shape index (κ3) is 3.10. The van der Waals surface area contributed by atoms with E-state index in [2.05, 4.69) is 0 Å². The first-order valence-corrected chi connectivity index (χ1v) is 8.84. The van der Waals surface area contributed by atoms with E-state index in [1.54, 1.807) is 4.90 Å². The van der Waals surface area contributed by atoms with Crippen molar-refractivity contribution in [3.8, 4) is 0 Å². The zero-order valence-corrected chi connectivity index (χ0v) is 14.1. The molecule has 0 radical (unpaired) electrons. The van der Waals surface area contributed by atoms with Gasteiger partial charge in [-0.15, -0.1) is 0 Å². The van der Waals surface area contributed by atoms with E-state index in [9.17, 15) is 9.59 Å². The lowest BCUT2D eigenvalue weighted by Crippen LogP contribution is -2.40. The Hall–Kier alpha value is -2.46. The van der Waals surface area contributed by atoms with Gasteiger partial charge in [0.15, 0.2) is 5.78 Å². The van der Waals surface area contributed by atoms with Gasteiger partial charge >= 0.3 is 0 Å². The number of nitrogens with zero attached hydrogens (tertiary/aromatic N) is 1. The second kappa shape index (κ2) is 6.81. The van der Waals surface area contributed by atoms with Crippen LogP contribution in [0.2, 0.25) is 0 Å². The molecule has 1 fully saturated rings. The van der Waals surface area contributed by atoms with E-state index in [-0.39, 0.29) is 17.7 Å². The fourth-order valence-electron chi connectivity index (χ4n) is 3.74. The minimum Gasteiger partial charge on any atom is -0.376 e. The molecule has 2 aromatic rings. The number of likely N-dealkylation sites (tertiary alicyclic amines) is 1. The minimum absolute atomic E-state index is 0.0349. The lowest BCUT2D eigenvalue weighted by atomic mass is 9.99. The van der Waals surface area contributed by atoms with Gasteiger partial charge in [-0.2, -0.15) is 0 Å². The molecule has 2 aliphatic heterocycles. The Morgan fingerprint density at radius 3 is 2.68 bits per heavy atom. The number of fused-ring (bicyclic) bond motifs is 1. The SMILES string of the molecule is O=C(c1ccccc1)C1CCCN1C(=O)c1ccc2c(c1)COCC2. The Labute approximate surface area is 147 Å². The Balaban J connectivity index is 1.58. The fourth-order valence-corrected chi connectivity index (χ4v) is 3.74. The number of carbonyl (C=O) groups is 2. The van der Waals surface area contributed by atoms with Crippen LogP contribution in [0.4, 0.5) is 0 Å². The van der Waals surface area contributed by atoms with Crippen LogP contribution in [0.1, 0.15) is 44.7 Å². The van der Waals surface area contributed by atoms with Crippen molar-refractivity contribution in [1.82, 2.24) is 4.90 Å². The molecular weight excluding hydrogens is 314 g/mol. The molecule has 4 rings (SSSR count). The first-order valence-electron chi connectivity index (χ1n) is 8.84. The van der Waals surface area contributed by atoms with Crippen LogP contribution in [0.3, 0.4) is 0 Å². The van der Waals surface area contributed by atoms with Gasteiger partial charge in [0.25, 0.3) is 5.91 Å². The molecule has 4 heteroatoms. The van der Waals surface area contributed by atoms with Gasteiger partial charge in [-0.25, -0.2) is 0 Å². The van der Waals surface area contributed by atoms with Crippen LogP contribution in [-0.2, 0) is 17.8 Å². The second-order valence-corrected chi connectivity index (χ2v) is 6.67. The van der Waals surface area contributed by atoms with E-state index in [1.807, 2.05) is 48.5 Å². The molecule has 0 N–H and O–H groups in total. The molecule has 0 bridgehead atoms. The molecule has 2 heterocycles. The van der Waals surface area contributed by atoms with Crippen LogP contribution in [0, 0.1) is 0 Å². The smallest absolute Gasteiger partial charge is 0.254 e. The predicted molar refractivity (Wildman–Crippen MR) is 94.6 cm³/mol. The van der Waals surface area contributed by atoms with Gasteiger partial charge in [0, 0.05) is 17.7 Å². The van der Waals surface area contributed by atoms with Gasteiger partial charge in [0.1, 0.15) is 0 Å². The van der Waals surface area contributed by atoms with Gasteiger partial charge in [-0.3, -0.25) is 9.59 Å². The van der Waals surface area contributed by atoms with Gasteiger partial charge in [0.2, 0.25) is 0 Å². The van der Waals surface area contributed by atoms with Crippen molar-refractivity contribution in [3.63, 3.8) is 0 Å². The molecule has 0 saturated carbocycles. The molecule has 1 unspecified atom stereocenters. The topological polar surface area (TPSA) is 46.6 Å². The highest BCUT2D eigenvalue weighted by Crippen LogP contribution is 2.25. The summed E-state index contributed by atoms with van der Waals surface area (Å²) in [6.45, 7) is 1.93. The van der Waals surface area contributed by atoms with Gasteiger partial charge in [-0.05, 0) is 42.5 Å². The van der Waals surface area contributed by atoms with E-state index >= 15 is 0 Å². The zero-order valence-electron chi connectivity index (χ0n) is 14.1. The number of hydrogen-bond donors (Lipinski definition) is 0. The standard InChI is InChI=1S/C21H21NO3/c23-20(16-5-2-1-3-6-16)19-7-4-11-22(19)21(24)17-9-8-15-10-12-25-14-18(15)13-17/h1-3,5-6,8-9,13,19H,4,7,10-12,14H2. The number of hydrogen-bond acceptors (Lipinski definition) is 3. The van der Waals surface area contributed by atoms with Crippen LogP contribution in [0.5, 0.6) is 0 Å². The lowest BCUT2D eigenvalue weighted by Gasteiger charge is -2.25. The summed E-state index contributed by atoms with van der Waals surface area (Å²) in [5.74, 6) is -0.0205. The lowest BCUT2D eigenvalue weighted by molar-refractivity contribution is 0.0670. The molecule has 0 spiro atoms. The molecule has 0 aliphatic carbocycles. The number of ketones is 1. The number of amides is 1. The Bertz CT molecular complexity index is 800. The van der Waals surface area contributed by atoms with E-state index in [4.69, 9.17) is 4.74 Å². The molecular formula is C21H21NO3. The first kappa shape index (κ1) is 16.0. The van der Waals surface area contributed by atoms with Crippen molar-refractivity contribution in [1.29, 1.82) is 0 Å². The van der Waals surface area contributed by atoms with Crippen molar-refractivity contribution in [2.24, 2.45) is 0 Å². The van der Waals surface area contributed by atoms with E-state index < -0.39 is 0 Å². The summed E-state index contributed by atoms with van der Waals surface area (Å²) in [5.41, 5.74) is 3.66. The maximum Gasteiger partial charge on any atom is 0.254 e. The van der Waals surface area contributed by atoms with Gasteiger partial charge in [-0.1, -0.05) is 36.4 Å². The van der Waals surface area contributed by atoms with Crippen molar-refractivity contribution < 1.29 is 14.3 Å². The molecule has 2 aromatic carbocycles. The fraction of sp³-hybridized carbons (Fsp3) is 0.333. The van der Waals surface area contributed by atoms with Gasteiger partial charge < -0.3 is 9.64 Å². The third-order valence-corrected chi connectivity index (χ3v) is 5.10. The number of rotatable bonds is 3. The van der Waals surface area contributed by atoms with Crippen LogP contribution in [-0.4, -0.2) is 35.8 Å². The summed E-state index contributed by atoms with van der Waals surface area (Å²) in [4.78, 5) is 27.6. The Morgan fingerprint density at radius 1 is 1.00 bits per heavy atom. The summed E-state index contributed by atoms with van der Waals surface area (Å²) in [6.07, 6.45) is 2.49. The van der Waals surface area contributed by atoms with Crippen molar-refractivity contribution in [2.75, 3.05) is 13.2 Å². The molecule has 2 aliphatic rings. The van der Waals surface area contributed by atoms with Gasteiger partial charge in [0.05, 0.1) is 19.3 Å². The van der Waals surface area contributed by atoms with Crippen molar-refractivity contribution >= 4 is 11.7 Å². The highest BCUT2D eigenvalue weighted by atomic mass is 16.5. The third-order valence-electron chi connectivity index (χ3n) is 5.10. The summed E-state index contributed by atoms with van der Waals surface area (Å²) >= 11 is 0. The molecule has 1 saturated heterocycles. The second-order valence-electron chi connectivity index (χ2n) is 6.67. The summed E-state index contributed by atoms with van der Waals surface area (Å²) in [7, 11) is 0. The first-order chi connectivity index (χ1) is 12.2. The van der Waals surface area contributed by atoms with E-state index in [0.29, 0.717) is 24.3 Å². The molecule has 128 valence electrons. The molecule has 1 atom stereocenters.